The van der Waals surface area contributed by atoms with Gasteiger partial charge in [-0.2, -0.15) is 4.58 Å². The lowest BCUT2D eigenvalue weighted by atomic mass is 9.81. The molecule has 0 amide bonds. The Hall–Kier alpha value is -2.40. The van der Waals surface area contributed by atoms with Gasteiger partial charge in [0.15, 0.2) is 5.71 Å². The molecule has 2 nitrogen and oxygen atoms in total. The predicted octanol–water partition coefficient (Wildman–Crippen LogP) is 4.46. The monoisotopic (exact) mass is 564 g/mol. The number of para-hydroxylation sites is 2. The van der Waals surface area contributed by atoms with Crippen LogP contribution in [0.4, 0.5) is 11.4 Å². The summed E-state index contributed by atoms with van der Waals surface area (Å²) in [6.45, 7) is 15.7. The van der Waals surface area contributed by atoms with Gasteiger partial charge in [0, 0.05) is 41.1 Å². The minimum absolute atomic E-state index is 0. The molecule has 2 aromatic carbocycles. The van der Waals surface area contributed by atoms with Crippen molar-refractivity contribution in [3.05, 3.63) is 108 Å². The summed E-state index contributed by atoms with van der Waals surface area (Å²) in [5.41, 5.74) is 8.22. The van der Waals surface area contributed by atoms with Gasteiger partial charge in [-0.1, -0.05) is 80.6 Å². The van der Waals surface area contributed by atoms with Gasteiger partial charge in [-0.25, -0.2) is 0 Å². The molecule has 2 heterocycles. The van der Waals surface area contributed by atoms with Crippen LogP contribution in [0.5, 0.6) is 0 Å². The summed E-state index contributed by atoms with van der Waals surface area (Å²) in [4.78, 5) is 2.43. The average molecular weight is 565 g/mol. The van der Waals surface area contributed by atoms with Gasteiger partial charge in [-0.05, 0) is 45.4 Å². The third-order valence-electron chi connectivity index (χ3n) is 7.18. The molecule has 0 bridgehead atoms. The molecule has 0 unspecified atom stereocenters. The van der Waals surface area contributed by atoms with E-state index in [1.165, 1.54) is 33.9 Å². The summed E-state index contributed by atoms with van der Waals surface area (Å²) in [5, 5.41) is 0. The minimum Gasteiger partial charge on any atom is -1.00 e. The second-order valence-corrected chi connectivity index (χ2v) is 9.84. The van der Waals surface area contributed by atoms with Crippen LogP contribution >= 0.6 is 0 Å². The maximum atomic E-state index is 2.43. The van der Waals surface area contributed by atoms with Crippen LogP contribution < -0.4 is 28.9 Å². The van der Waals surface area contributed by atoms with E-state index in [4.69, 9.17) is 0 Å². The second kappa shape index (κ2) is 10.5. The molecule has 2 aromatic rings. The van der Waals surface area contributed by atoms with Crippen LogP contribution in [0.25, 0.3) is 0 Å². The summed E-state index contributed by atoms with van der Waals surface area (Å²) < 4.78 is 2.43. The topological polar surface area (TPSA) is 6.25 Å². The molecular formula is C31H37IN2. The molecule has 2 aliphatic heterocycles. The molecular weight excluding hydrogens is 527 g/mol. The molecule has 0 radical (unpaired) electrons. The van der Waals surface area contributed by atoms with Crippen LogP contribution in [-0.2, 0) is 10.8 Å². The van der Waals surface area contributed by atoms with Crippen molar-refractivity contribution in [3.8, 4) is 0 Å². The van der Waals surface area contributed by atoms with Crippen LogP contribution in [0.15, 0.2) is 96.8 Å². The number of halogens is 1. The van der Waals surface area contributed by atoms with Crippen molar-refractivity contribution < 1.29 is 28.6 Å². The number of allylic oxidation sites excluding steroid dienone is 8. The van der Waals surface area contributed by atoms with Crippen molar-refractivity contribution in [1.82, 2.24) is 0 Å². The summed E-state index contributed by atoms with van der Waals surface area (Å²) in [5.74, 6) is 0. The number of rotatable bonds is 6. The van der Waals surface area contributed by atoms with Gasteiger partial charge in [-0.3, -0.25) is 0 Å². The summed E-state index contributed by atoms with van der Waals surface area (Å²) >= 11 is 0. The zero-order chi connectivity index (χ0) is 23.6. The van der Waals surface area contributed by atoms with Gasteiger partial charge in [0.2, 0.25) is 5.69 Å². The highest BCUT2D eigenvalue weighted by Crippen LogP contribution is 2.47. The first-order valence-electron chi connectivity index (χ1n) is 12.2. The molecule has 0 aliphatic carbocycles. The number of hydrogen-bond donors (Lipinski definition) is 0. The van der Waals surface area contributed by atoms with E-state index in [9.17, 15) is 0 Å². The van der Waals surface area contributed by atoms with Gasteiger partial charge in [0.25, 0.3) is 0 Å². The zero-order valence-electron chi connectivity index (χ0n) is 21.3. The van der Waals surface area contributed by atoms with Crippen molar-refractivity contribution in [1.29, 1.82) is 0 Å². The molecule has 0 N–H and O–H groups in total. The van der Waals surface area contributed by atoms with Crippen molar-refractivity contribution in [2.24, 2.45) is 0 Å². The number of hydrogen-bond acceptors (Lipinski definition) is 1. The largest absolute Gasteiger partial charge is 1.00 e. The van der Waals surface area contributed by atoms with Gasteiger partial charge >= 0.3 is 0 Å². The maximum Gasteiger partial charge on any atom is 0.209 e. The van der Waals surface area contributed by atoms with Crippen molar-refractivity contribution >= 4 is 17.1 Å². The molecule has 0 fully saturated rings. The molecule has 0 spiro atoms. The van der Waals surface area contributed by atoms with E-state index in [2.05, 4.69) is 142 Å². The van der Waals surface area contributed by atoms with Crippen LogP contribution in [0, 0.1) is 0 Å². The number of anilines is 1. The fraction of sp³-hybridized carbons (Fsp3) is 0.323. The quantitative estimate of drug-likeness (QED) is 0.286. The molecule has 3 heteroatoms. The molecule has 0 saturated heterocycles. The third-order valence-corrected chi connectivity index (χ3v) is 7.18. The van der Waals surface area contributed by atoms with Gasteiger partial charge in [0.1, 0.15) is 6.54 Å². The normalized spacial score (nSPS) is 19.5. The molecule has 0 atom stereocenters. The van der Waals surface area contributed by atoms with E-state index in [1.807, 2.05) is 0 Å². The molecule has 4 rings (SSSR count). The Morgan fingerprint density at radius 1 is 0.765 bits per heavy atom. The smallest absolute Gasteiger partial charge is 0.209 e. The van der Waals surface area contributed by atoms with Crippen LogP contribution in [0.2, 0.25) is 0 Å². The average Bonchev–Trinajstić information content (AvgIpc) is 3.17. The number of likely N-dealkylation sites (N-methyl/N-ethyl adjacent to an activating group) is 1. The zero-order valence-corrected chi connectivity index (χ0v) is 23.5. The fourth-order valence-electron chi connectivity index (χ4n) is 5.45. The highest BCUT2D eigenvalue weighted by molar-refractivity contribution is 6.03. The Bertz CT molecular complexity index is 1190. The van der Waals surface area contributed by atoms with Gasteiger partial charge < -0.3 is 28.9 Å². The molecule has 0 saturated carbocycles. The minimum atomic E-state index is 0. The second-order valence-electron chi connectivity index (χ2n) is 9.84. The van der Waals surface area contributed by atoms with Gasteiger partial charge in [-0.15, -0.1) is 0 Å². The number of benzene rings is 2. The van der Waals surface area contributed by atoms with Crippen molar-refractivity contribution in [2.75, 3.05) is 18.0 Å². The highest BCUT2D eigenvalue weighted by atomic mass is 127. The van der Waals surface area contributed by atoms with E-state index in [0.29, 0.717) is 0 Å². The standard InChI is InChI=1S/C31H37N2.HI/c1-7-32-26-20-16-14-18-24(26)30(3,4)28(32)22-12-10-9-11-13-23-29-31(5,6)25-19-15-17-21-27(25)33(29)8-2;/h9-23H,7-8H2,1-6H3;1H/q+1;/p-1. The van der Waals surface area contributed by atoms with E-state index in [-0.39, 0.29) is 34.8 Å². The molecule has 0 aromatic heterocycles. The molecule has 34 heavy (non-hydrogen) atoms. The van der Waals surface area contributed by atoms with Crippen LogP contribution in [0.1, 0.15) is 52.7 Å². The third kappa shape index (κ3) is 4.47. The Kier molecular flexibility index (Phi) is 8.07. The van der Waals surface area contributed by atoms with E-state index < -0.39 is 0 Å². The molecule has 2 aliphatic rings. The summed E-state index contributed by atoms with van der Waals surface area (Å²) in [7, 11) is 0. The fourth-order valence-corrected chi connectivity index (χ4v) is 5.45. The first-order valence-corrected chi connectivity index (χ1v) is 12.2. The maximum absolute atomic E-state index is 2.43. The highest BCUT2D eigenvalue weighted by Gasteiger charge is 2.43. The Morgan fingerprint density at radius 3 is 2.09 bits per heavy atom. The Balaban J connectivity index is 0.00000324. The van der Waals surface area contributed by atoms with E-state index in [1.54, 1.807) is 0 Å². The van der Waals surface area contributed by atoms with E-state index >= 15 is 0 Å². The van der Waals surface area contributed by atoms with Crippen molar-refractivity contribution in [2.45, 2.75) is 52.4 Å². The van der Waals surface area contributed by atoms with Gasteiger partial charge in [0.05, 0.1) is 5.41 Å². The first kappa shape index (κ1) is 26.2. The Morgan fingerprint density at radius 2 is 1.38 bits per heavy atom. The van der Waals surface area contributed by atoms with Crippen LogP contribution in [-0.4, -0.2) is 23.4 Å². The lowest BCUT2D eigenvalue weighted by Crippen LogP contribution is -3.00. The SMILES string of the molecule is CCN1C(=C/C=C/C=C/C=C/C2=[N+](CC)c3ccccc3C2(C)C)C(C)(C)c2ccccc21.[I-]. The Labute approximate surface area is 223 Å². The lowest BCUT2D eigenvalue weighted by molar-refractivity contribution is -0.433. The van der Waals surface area contributed by atoms with E-state index in [0.717, 1.165) is 13.1 Å². The summed E-state index contributed by atoms with van der Waals surface area (Å²) in [6.07, 6.45) is 15.2. The number of fused-ring (bicyclic) bond motifs is 2. The predicted molar refractivity (Wildman–Crippen MR) is 143 cm³/mol. The van der Waals surface area contributed by atoms with Crippen molar-refractivity contribution in [3.63, 3.8) is 0 Å². The lowest BCUT2D eigenvalue weighted by Gasteiger charge is -2.25. The summed E-state index contributed by atoms with van der Waals surface area (Å²) in [6, 6.07) is 17.5. The van der Waals surface area contributed by atoms with Crippen LogP contribution in [0.3, 0.4) is 0 Å². The number of nitrogens with zero attached hydrogens (tertiary/aromatic N) is 2. The first-order chi connectivity index (χ1) is 15.8. The molecule has 178 valence electrons.